The van der Waals surface area contributed by atoms with E-state index in [1.165, 1.54) is 4.57 Å². The molecule has 20 nitrogen and oxygen atoms in total. The van der Waals surface area contributed by atoms with Gasteiger partial charge in [-0.05, 0) is 0 Å². The molecule has 0 aliphatic carbocycles. The zero-order valence-corrected chi connectivity index (χ0v) is 19.1. The lowest BCUT2D eigenvalue weighted by Gasteiger charge is -2.19. The van der Waals surface area contributed by atoms with E-state index in [-0.39, 0.29) is 23.5 Å². The Morgan fingerprint density at radius 1 is 1.26 bits per heavy atom. The number of hydrogen-bond acceptors (Lipinski definition) is 12. The number of nitrogens with one attached hydrogen (secondary N) is 2. The quantitative estimate of drug-likeness (QED) is 0.166. The summed E-state index contributed by atoms with van der Waals surface area (Å²) in [4.78, 5) is 68.9. The Labute approximate surface area is 187 Å². The summed E-state index contributed by atoms with van der Waals surface area (Å²) < 4.78 is 52.2. The molecule has 9 N–H and O–H groups in total. The van der Waals surface area contributed by atoms with Crippen LogP contribution in [0.25, 0.3) is 11.2 Å². The predicted octanol–water partition coefficient (Wildman–Crippen LogP) is -1.40. The van der Waals surface area contributed by atoms with Crippen LogP contribution in [0.3, 0.4) is 0 Å². The van der Waals surface area contributed by atoms with Crippen LogP contribution in [0.1, 0.15) is 12.6 Å². The summed E-state index contributed by atoms with van der Waals surface area (Å²) in [6.45, 7) is -0.892. The smallest absolute Gasteiger partial charge is 0.390 e. The minimum absolute atomic E-state index is 0.0711. The molecule has 190 valence electrons. The van der Waals surface area contributed by atoms with Crippen LogP contribution in [0.15, 0.2) is 11.1 Å². The second-order valence-electron chi connectivity index (χ2n) is 6.55. The molecule has 1 aliphatic rings. The summed E-state index contributed by atoms with van der Waals surface area (Å²) in [6.07, 6.45) is -2.71. The van der Waals surface area contributed by atoms with Gasteiger partial charge in [-0.25, -0.2) is 23.5 Å². The largest absolute Gasteiger partial charge is 0.490 e. The summed E-state index contributed by atoms with van der Waals surface area (Å²) in [7, 11) is -16.7. The van der Waals surface area contributed by atoms with Crippen molar-refractivity contribution in [2.75, 3.05) is 11.9 Å². The van der Waals surface area contributed by atoms with Gasteiger partial charge in [-0.3, -0.25) is 24.2 Å². The first kappa shape index (κ1) is 26.6. The number of phosphoric ester groups is 1. The molecule has 1 fully saturated rings. The van der Waals surface area contributed by atoms with E-state index in [1.807, 2.05) is 0 Å². The third kappa shape index (κ3) is 6.76. The fourth-order valence-corrected chi connectivity index (χ4v) is 5.85. The summed E-state index contributed by atoms with van der Waals surface area (Å²) in [6, 6.07) is -1.01. The Morgan fingerprint density at radius 3 is 2.56 bits per heavy atom. The second kappa shape index (κ2) is 9.54. The molecule has 0 radical (unpaired) electrons. The maximum absolute atomic E-state index is 12.1. The molecule has 2 aromatic rings. The molecule has 34 heavy (non-hydrogen) atoms. The van der Waals surface area contributed by atoms with Gasteiger partial charge in [-0.15, -0.1) is 0 Å². The number of urea groups is 1. The van der Waals surface area contributed by atoms with Crippen molar-refractivity contribution in [2.24, 2.45) is 5.73 Å². The molecule has 3 heterocycles. The van der Waals surface area contributed by atoms with E-state index in [4.69, 9.17) is 25.2 Å². The fraction of sp³-hybridized carbons (Fsp3) is 0.455. The number of rotatable bonds is 9. The number of hydrogen-bond donors (Lipinski definition) is 8. The highest BCUT2D eigenvalue weighted by Crippen LogP contribution is 2.66. The van der Waals surface area contributed by atoms with Crippen LogP contribution in [-0.2, 0) is 31.6 Å². The predicted molar refractivity (Wildman–Crippen MR) is 106 cm³/mol. The molecule has 1 aliphatic heterocycles. The first-order valence-electron chi connectivity index (χ1n) is 8.70. The van der Waals surface area contributed by atoms with Crippen LogP contribution < -0.4 is 16.6 Å². The molecule has 23 heteroatoms. The van der Waals surface area contributed by atoms with Crippen molar-refractivity contribution in [1.82, 2.24) is 19.5 Å². The number of phosphoric acid groups is 3. The minimum Gasteiger partial charge on any atom is -0.390 e. The average Bonchev–Trinajstić information content (AvgIpc) is 3.20. The van der Waals surface area contributed by atoms with Crippen molar-refractivity contribution in [1.29, 1.82) is 0 Å². The van der Waals surface area contributed by atoms with Crippen LogP contribution in [0.2, 0.25) is 0 Å². The number of ether oxygens (including phenoxy) is 1. The van der Waals surface area contributed by atoms with Crippen molar-refractivity contribution in [3.05, 3.63) is 16.7 Å². The van der Waals surface area contributed by atoms with E-state index < -0.39 is 60.1 Å². The van der Waals surface area contributed by atoms with Crippen LogP contribution in [0, 0.1) is 0 Å². The number of amides is 2. The molecule has 1 saturated heterocycles. The number of H-pyrrole nitrogens is 1. The Kier molecular flexibility index (Phi) is 7.45. The molecule has 0 saturated carbocycles. The topological polar surface area (TPSA) is 308 Å². The van der Waals surface area contributed by atoms with Gasteiger partial charge >= 0.3 is 29.5 Å². The van der Waals surface area contributed by atoms with E-state index in [1.54, 1.807) is 0 Å². The molecular formula is C11H17N6O14P3. The van der Waals surface area contributed by atoms with Crippen molar-refractivity contribution in [3.63, 3.8) is 0 Å². The SMILES string of the molecule is NC(=O)Nc1nc2c(ncn2[C@H]2C[C@H](O)[C@@H](COP(=O)(O)OP(=O)(O)OP(=O)(O)O)O2)c(=O)[nH]1. The third-order valence-electron chi connectivity index (χ3n) is 4.01. The average molecular weight is 550 g/mol. The maximum Gasteiger partial charge on any atom is 0.490 e. The maximum atomic E-state index is 12.1. The molecule has 5 atom stereocenters. The van der Waals surface area contributed by atoms with Crippen LogP contribution >= 0.6 is 23.5 Å². The third-order valence-corrected chi connectivity index (χ3v) is 7.81. The number of aromatic nitrogens is 4. The Hall–Kier alpha value is -2.05. The van der Waals surface area contributed by atoms with Gasteiger partial charge in [0, 0.05) is 6.42 Å². The standard InChI is InChI=1S/C11H17N6O14P3/c12-10(20)16-11-14-8-7(9(19)15-11)13-3-17(8)6-1-4(18)5(29-6)2-28-33(24,25)31-34(26,27)30-32(21,22)23/h3-6,18H,1-2H2,(H,24,25)(H,26,27)(H2,21,22,23)(H4,12,14,15,16,19,20)/t4-,5+,6+/m0/s1. The summed E-state index contributed by atoms with van der Waals surface area (Å²) in [5, 5.41) is 12.3. The lowest BCUT2D eigenvalue weighted by atomic mass is 10.2. The van der Waals surface area contributed by atoms with Crippen LogP contribution in [0.5, 0.6) is 0 Å². The number of primary amides is 1. The molecule has 2 unspecified atom stereocenters. The normalized spacial score (nSPS) is 24.6. The lowest BCUT2D eigenvalue weighted by molar-refractivity contribution is -0.0423. The Bertz CT molecular complexity index is 1290. The van der Waals surface area contributed by atoms with E-state index in [9.17, 15) is 33.3 Å². The van der Waals surface area contributed by atoms with E-state index in [0.717, 1.165) is 6.33 Å². The van der Waals surface area contributed by atoms with Gasteiger partial charge in [0.25, 0.3) is 5.56 Å². The highest BCUT2D eigenvalue weighted by atomic mass is 31.3. The molecule has 2 aromatic heterocycles. The first-order chi connectivity index (χ1) is 15.6. The highest BCUT2D eigenvalue weighted by Gasteiger charge is 2.43. The van der Waals surface area contributed by atoms with Crippen molar-refractivity contribution >= 4 is 46.6 Å². The first-order valence-corrected chi connectivity index (χ1v) is 13.2. The van der Waals surface area contributed by atoms with Gasteiger partial charge in [0.2, 0.25) is 5.95 Å². The molecule has 0 bridgehead atoms. The number of aliphatic hydroxyl groups is 1. The lowest BCUT2D eigenvalue weighted by Crippen LogP contribution is -2.26. The van der Waals surface area contributed by atoms with Gasteiger partial charge in [-0.2, -0.15) is 13.6 Å². The van der Waals surface area contributed by atoms with Gasteiger partial charge in [-0.1, -0.05) is 0 Å². The second-order valence-corrected chi connectivity index (χ2v) is 11.0. The molecule has 0 aromatic carbocycles. The summed E-state index contributed by atoms with van der Waals surface area (Å²) in [5.74, 6) is -0.297. The van der Waals surface area contributed by atoms with Gasteiger partial charge < -0.3 is 35.2 Å². The van der Waals surface area contributed by atoms with E-state index >= 15 is 0 Å². The number of aromatic amines is 1. The number of imidazole rings is 1. The summed E-state index contributed by atoms with van der Waals surface area (Å²) in [5.41, 5.74) is 4.04. The number of fused-ring (bicyclic) bond motifs is 1. The minimum atomic E-state index is -5.71. The highest BCUT2D eigenvalue weighted by molar-refractivity contribution is 7.66. The molecule has 2 amide bonds. The Morgan fingerprint density at radius 2 is 1.94 bits per heavy atom. The molecule has 3 rings (SSSR count). The number of anilines is 1. The number of carbonyl (C=O) groups is 1. The number of aliphatic hydroxyl groups excluding tert-OH is 1. The monoisotopic (exact) mass is 550 g/mol. The van der Waals surface area contributed by atoms with E-state index in [0.29, 0.717) is 0 Å². The fourth-order valence-electron chi connectivity index (χ4n) is 2.82. The van der Waals surface area contributed by atoms with Crippen LogP contribution in [0.4, 0.5) is 10.7 Å². The zero-order chi connectivity index (χ0) is 25.5. The molecule has 0 spiro atoms. The Balaban J connectivity index is 1.71. The van der Waals surface area contributed by atoms with Gasteiger partial charge in [0.05, 0.1) is 19.0 Å². The summed E-state index contributed by atoms with van der Waals surface area (Å²) >= 11 is 0. The van der Waals surface area contributed by atoms with Crippen molar-refractivity contribution < 1.29 is 61.1 Å². The zero-order valence-electron chi connectivity index (χ0n) is 16.4. The van der Waals surface area contributed by atoms with Gasteiger partial charge in [0.1, 0.15) is 12.3 Å². The number of nitrogens with zero attached hydrogens (tertiary/aromatic N) is 3. The number of carbonyl (C=O) groups excluding carboxylic acids is 1. The molecular weight excluding hydrogens is 533 g/mol. The van der Waals surface area contributed by atoms with Crippen molar-refractivity contribution in [2.45, 2.75) is 24.9 Å². The van der Waals surface area contributed by atoms with E-state index in [2.05, 4.69) is 33.4 Å². The van der Waals surface area contributed by atoms with Gasteiger partial charge in [0.15, 0.2) is 11.2 Å². The van der Waals surface area contributed by atoms with Crippen LogP contribution in [-0.4, -0.2) is 69.0 Å². The van der Waals surface area contributed by atoms with Crippen molar-refractivity contribution in [3.8, 4) is 0 Å². The number of nitrogens with two attached hydrogens (primary N) is 1.